The Morgan fingerprint density at radius 3 is 2.23 bits per heavy atom. The van der Waals surface area contributed by atoms with E-state index in [9.17, 15) is 22.4 Å². The molecule has 2 rings (SSSR count). The minimum absolute atomic E-state index is 0.156. The molecule has 0 saturated carbocycles. The summed E-state index contributed by atoms with van der Waals surface area (Å²) in [7, 11) is 0. The second kappa shape index (κ2) is 6.13. The van der Waals surface area contributed by atoms with Crippen LogP contribution in [0.3, 0.4) is 0 Å². The van der Waals surface area contributed by atoms with E-state index in [0.29, 0.717) is 11.1 Å². The number of allylic oxidation sites excluding steroid dienone is 1. The van der Waals surface area contributed by atoms with Crippen LogP contribution in [0, 0.1) is 12.7 Å². The van der Waals surface area contributed by atoms with Gasteiger partial charge in [-0.25, -0.2) is 4.39 Å². The Hall–Kier alpha value is -2.43. The van der Waals surface area contributed by atoms with Gasteiger partial charge in [0.15, 0.2) is 5.78 Å². The average Bonchev–Trinajstić information content (AvgIpc) is 2.47. The van der Waals surface area contributed by atoms with Crippen LogP contribution in [-0.2, 0) is 6.18 Å². The fraction of sp³-hybridized carbons (Fsp3) is 0.118. The summed E-state index contributed by atoms with van der Waals surface area (Å²) < 4.78 is 50.4. The van der Waals surface area contributed by atoms with Gasteiger partial charge in [-0.05, 0) is 48.4 Å². The molecule has 0 spiro atoms. The lowest BCUT2D eigenvalue weighted by Crippen LogP contribution is -2.05. The van der Waals surface area contributed by atoms with Crippen molar-refractivity contribution >= 4 is 11.9 Å². The van der Waals surface area contributed by atoms with E-state index in [1.54, 1.807) is 13.0 Å². The monoisotopic (exact) mass is 308 g/mol. The molecule has 0 atom stereocenters. The van der Waals surface area contributed by atoms with Crippen LogP contribution in [0.2, 0.25) is 0 Å². The van der Waals surface area contributed by atoms with Gasteiger partial charge in [-0.2, -0.15) is 13.2 Å². The Labute approximate surface area is 124 Å². The van der Waals surface area contributed by atoms with Crippen LogP contribution in [0.1, 0.15) is 27.0 Å². The Bertz CT molecular complexity index is 712. The molecule has 0 radical (unpaired) electrons. The smallest absolute Gasteiger partial charge is 0.289 e. The lowest BCUT2D eigenvalue weighted by Gasteiger charge is -2.06. The highest BCUT2D eigenvalue weighted by Crippen LogP contribution is 2.29. The molecular formula is C17H12F4O. The van der Waals surface area contributed by atoms with Crippen molar-refractivity contribution < 1.29 is 22.4 Å². The number of aryl methyl sites for hydroxylation is 1. The largest absolute Gasteiger partial charge is 0.416 e. The summed E-state index contributed by atoms with van der Waals surface area (Å²) in [4.78, 5) is 11.9. The summed E-state index contributed by atoms with van der Waals surface area (Å²) in [6.45, 7) is 1.60. The normalized spacial score (nSPS) is 11.9. The van der Waals surface area contributed by atoms with Crippen molar-refractivity contribution in [3.8, 4) is 0 Å². The maximum absolute atomic E-state index is 13.1. The lowest BCUT2D eigenvalue weighted by atomic mass is 10.1. The Morgan fingerprint density at radius 2 is 1.68 bits per heavy atom. The third-order valence-electron chi connectivity index (χ3n) is 3.11. The van der Waals surface area contributed by atoms with Crippen molar-refractivity contribution in [2.45, 2.75) is 13.1 Å². The zero-order valence-electron chi connectivity index (χ0n) is 11.6. The fourth-order valence-corrected chi connectivity index (χ4v) is 1.86. The van der Waals surface area contributed by atoms with Gasteiger partial charge in [0.05, 0.1) is 5.56 Å². The first-order chi connectivity index (χ1) is 10.3. The highest BCUT2D eigenvalue weighted by molar-refractivity contribution is 6.06. The van der Waals surface area contributed by atoms with Gasteiger partial charge in [0.1, 0.15) is 5.82 Å². The molecule has 0 aliphatic rings. The molecule has 0 unspecified atom stereocenters. The molecule has 2 aromatic carbocycles. The maximum Gasteiger partial charge on any atom is 0.416 e. The molecule has 0 aliphatic carbocycles. The Morgan fingerprint density at radius 1 is 1.05 bits per heavy atom. The third-order valence-corrected chi connectivity index (χ3v) is 3.11. The fourth-order valence-electron chi connectivity index (χ4n) is 1.86. The molecule has 0 amide bonds. The van der Waals surface area contributed by atoms with Crippen LogP contribution in [0.25, 0.3) is 6.08 Å². The van der Waals surface area contributed by atoms with Gasteiger partial charge < -0.3 is 0 Å². The third kappa shape index (κ3) is 3.81. The van der Waals surface area contributed by atoms with E-state index in [0.717, 1.165) is 24.3 Å². The molecule has 0 saturated heterocycles. The summed E-state index contributed by atoms with van der Waals surface area (Å²) in [5.41, 5.74) is 0.438. The van der Waals surface area contributed by atoms with Crippen LogP contribution in [-0.4, -0.2) is 5.78 Å². The number of halogens is 4. The highest BCUT2D eigenvalue weighted by atomic mass is 19.4. The van der Waals surface area contributed by atoms with Crippen molar-refractivity contribution in [1.82, 2.24) is 0 Å². The minimum atomic E-state index is -4.43. The van der Waals surface area contributed by atoms with Crippen LogP contribution >= 0.6 is 0 Å². The van der Waals surface area contributed by atoms with Gasteiger partial charge in [-0.3, -0.25) is 4.79 Å². The maximum atomic E-state index is 13.1. The quantitative estimate of drug-likeness (QED) is 0.440. The predicted octanol–water partition coefficient (Wildman–Crippen LogP) is 5.05. The van der Waals surface area contributed by atoms with Gasteiger partial charge in [0, 0.05) is 5.56 Å². The van der Waals surface area contributed by atoms with Gasteiger partial charge >= 0.3 is 6.18 Å². The summed E-state index contributed by atoms with van der Waals surface area (Å²) in [5, 5.41) is 0. The predicted molar refractivity (Wildman–Crippen MR) is 75.9 cm³/mol. The first-order valence-electron chi connectivity index (χ1n) is 6.43. The van der Waals surface area contributed by atoms with Crippen molar-refractivity contribution in [2.24, 2.45) is 0 Å². The first kappa shape index (κ1) is 15.9. The second-order valence-electron chi connectivity index (χ2n) is 4.78. The number of carbonyl (C=O) groups is 1. The molecule has 22 heavy (non-hydrogen) atoms. The average molecular weight is 308 g/mol. The summed E-state index contributed by atoms with van der Waals surface area (Å²) >= 11 is 0. The molecular weight excluding hydrogens is 296 g/mol. The van der Waals surface area contributed by atoms with E-state index in [4.69, 9.17) is 0 Å². The van der Waals surface area contributed by atoms with E-state index in [1.165, 1.54) is 24.3 Å². The van der Waals surface area contributed by atoms with Gasteiger partial charge in [-0.15, -0.1) is 0 Å². The van der Waals surface area contributed by atoms with Gasteiger partial charge in [-0.1, -0.05) is 24.3 Å². The number of carbonyl (C=O) groups excluding carboxylic acids is 1. The van der Waals surface area contributed by atoms with Crippen LogP contribution < -0.4 is 0 Å². The molecule has 0 bridgehead atoms. The summed E-state index contributed by atoms with van der Waals surface area (Å²) in [6, 6.07) is 8.37. The molecule has 5 heteroatoms. The van der Waals surface area contributed by atoms with Gasteiger partial charge in [0.25, 0.3) is 0 Å². The second-order valence-corrected chi connectivity index (χ2v) is 4.78. The molecule has 0 aromatic heterocycles. The number of rotatable bonds is 3. The van der Waals surface area contributed by atoms with E-state index in [-0.39, 0.29) is 11.4 Å². The zero-order valence-corrected chi connectivity index (χ0v) is 11.6. The van der Waals surface area contributed by atoms with Crippen molar-refractivity contribution in [3.63, 3.8) is 0 Å². The van der Waals surface area contributed by atoms with Crippen LogP contribution in [0.5, 0.6) is 0 Å². The topological polar surface area (TPSA) is 17.1 Å². The molecule has 114 valence electrons. The number of ketones is 1. The lowest BCUT2D eigenvalue weighted by molar-refractivity contribution is -0.137. The standard InChI is InChI=1S/C17H12F4O/c1-11-10-12(2-8-15(11)18)3-9-16(22)13-4-6-14(7-5-13)17(19,20)21/h2-10H,1H3/b9-3+. The molecule has 1 nitrogen and oxygen atoms in total. The van der Waals surface area contributed by atoms with Crippen molar-refractivity contribution in [2.75, 3.05) is 0 Å². The van der Waals surface area contributed by atoms with Crippen LogP contribution in [0.15, 0.2) is 48.5 Å². The van der Waals surface area contributed by atoms with E-state index < -0.39 is 17.5 Å². The van der Waals surface area contributed by atoms with E-state index in [2.05, 4.69) is 0 Å². The molecule has 0 heterocycles. The SMILES string of the molecule is Cc1cc(/C=C/C(=O)c2ccc(C(F)(F)F)cc2)ccc1F. The Kier molecular flexibility index (Phi) is 4.45. The number of alkyl halides is 3. The summed E-state index contributed by atoms with van der Waals surface area (Å²) in [5.74, 6) is -0.762. The van der Waals surface area contributed by atoms with Crippen molar-refractivity contribution in [3.05, 3.63) is 76.6 Å². The van der Waals surface area contributed by atoms with Gasteiger partial charge in [0.2, 0.25) is 0 Å². The van der Waals surface area contributed by atoms with E-state index >= 15 is 0 Å². The first-order valence-corrected chi connectivity index (χ1v) is 6.43. The van der Waals surface area contributed by atoms with Crippen molar-refractivity contribution in [1.29, 1.82) is 0 Å². The highest BCUT2D eigenvalue weighted by Gasteiger charge is 2.30. The molecule has 0 N–H and O–H groups in total. The molecule has 2 aromatic rings. The number of benzene rings is 2. The minimum Gasteiger partial charge on any atom is -0.289 e. The number of hydrogen-bond donors (Lipinski definition) is 0. The zero-order chi connectivity index (χ0) is 16.3. The van der Waals surface area contributed by atoms with Crippen LogP contribution in [0.4, 0.5) is 17.6 Å². The summed E-state index contributed by atoms with van der Waals surface area (Å²) in [6.07, 6.45) is -1.69. The molecule has 0 aliphatic heterocycles. The number of hydrogen-bond acceptors (Lipinski definition) is 1. The van der Waals surface area contributed by atoms with E-state index in [1.807, 2.05) is 0 Å². The Balaban J connectivity index is 2.14. The molecule has 0 fully saturated rings.